The molecule has 1 aromatic rings. The Morgan fingerprint density at radius 1 is 1.19 bits per heavy atom. The second-order valence-electron chi connectivity index (χ2n) is 6.06. The van der Waals surface area contributed by atoms with Gasteiger partial charge in [0, 0.05) is 50.4 Å². The molecule has 1 aromatic carbocycles. The lowest BCUT2D eigenvalue weighted by Crippen LogP contribution is -2.51. The lowest BCUT2D eigenvalue weighted by Gasteiger charge is -2.40. The lowest BCUT2D eigenvalue weighted by atomic mass is 10.0. The van der Waals surface area contributed by atoms with Crippen molar-refractivity contribution in [2.75, 3.05) is 39.3 Å². The van der Waals surface area contributed by atoms with E-state index in [1.54, 1.807) is 0 Å². The number of halogens is 2. The number of hydrogen-bond acceptors (Lipinski definition) is 3. The van der Waals surface area contributed by atoms with E-state index in [4.69, 9.17) is 0 Å². The molecular formula is C16H23F2N3. The predicted octanol–water partition coefficient (Wildman–Crippen LogP) is 2.01. The van der Waals surface area contributed by atoms with Gasteiger partial charge in [-0.1, -0.05) is 0 Å². The number of piperazine rings is 1. The van der Waals surface area contributed by atoms with Gasteiger partial charge >= 0.3 is 0 Å². The maximum absolute atomic E-state index is 13.9. The first-order chi connectivity index (χ1) is 10.1. The molecule has 3 nitrogen and oxygen atoms in total. The van der Waals surface area contributed by atoms with Crippen molar-refractivity contribution in [1.29, 1.82) is 0 Å². The van der Waals surface area contributed by atoms with Crippen molar-refractivity contribution in [3.8, 4) is 0 Å². The largest absolute Gasteiger partial charge is 0.315 e. The van der Waals surface area contributed by atoms with Crippen LogP contribution < -0.4 is 5.32 Å². The molecule has 2 aliphatic rings. The summed E-state index contributed by atoms with van der Waals surface area (Å²) < 4.78 is 27.2. The highest BCUT2D eigenvalue weighted by Crippen LogP contribution is 2.25. The molecular weight excluding hydrogens is 272 g/mol. The molecule has 1 N–H and O–H groups in total. The van der Waals surface area contributed by atoms with Gasteiger partial charge in [-0.15, -0.1) is 0 Å². The van der Waals surface area contributed by atoms with Crippen molar-refractivity contribution in [3.05, 3.63) is 35.4 Å². The Labute approximate surface area is 124 Å². The fourth-order valence-corrected chi connectivity index (χ4v) is 3.47. The molecule has 2 saturated heterocycles. The van der Waals surface area contributed by atoms with Crippen LogP contribution in [0, 0.1) is 11.6 Å². The molecule has 5 heteroatoms. The smallest absolute Gasteiger partial charge is 0.128 e. The molecule has 0 aliphatic carbocycles. The van der Waals surface area contributed by atoms with Gasteiger partial charge in [0.2, 0.25) is 0 Å². The molecule has 0 aromatic heterocycles. The Morgan fingerprint density at radius 2 is 1.95 bits per heavy atom. The minimum atomic E-state index is -0.367. The summed E-state index contributed by atoms with van der Waals surface area (Å²) in [6.07, 6.45) is 1.22. The van der Waals surface area contributed by atoms with Gasteiger partial charge in [-0.05, 0) is 38.1 Å². The fraction of sp³-hybridized carbons (Fsp3) is 0.625. The first-order valence-corrected chi connectivity index (χ1v) is 7.79. The summed E-state index contributed by atoms with van der Waals surface area (Å²) >= 11 is 0. The van der Waals surface area contributed by atoms with Gasteiger partial charge in [0.05, 0.1) is 0 Å². The first-order valence-electron chi connectivity index (χ1n) is 7.79. The Bertz CT molecular complexity index is 480. The highest BCUT2D eigenvalue weighted by molar-refractivity contribution is 5.22. The third-order valence-corrected chi connectivity index (χ3v) is 4.86. The zero-order valence-electron chi connectivity index (χ0n) is 12.5. The van der Waals surface area contributed by atoms with E-state index in [9.17, 15) is 8.78 Å². The maximum atomic E-state index is 13.9. The summed E-state index contributed by atoms with van der Waals surface area (Å²) in [5, 5.41) is 3.40. The van der Waals surface area contributed by atoms with Crippen molar-refractivity contribution in [2.45, 2.75) is 25.4 Å². The summed E-state index contributed by atoms with van der Waals surface area (Å²) in [7, 11) is 0. The molecule has 2 heterocycles. The van der Waals surface area contributed by atoms with Gasteiger partial charge < -0.3 is 5.32 Å². The van der Waals surface area contributed by atoms with Gasteiger partial charge in [0.15, 0.2) is 0 Å². The van der Waals surface area contributed by atoms with E-state index in [1.807, 2.05) is 6.92 Å². The summed E-state index contributed by atoms with van der Waals surface area (Å²) in [6.45, 7) is 7.98. The molecule has 3 rings (SSSR count). The minimum absolute atomic E-state index is 0.0791. The molecule has 116 valence electrons. The maximum Gasteiger partial charge on any atom is 0.128 e. The zero-order valence-corrected chi connectivity index (χ0v) is 12.5. The third-order valence-electron chi connectivity index (χ3n) is 4.86. The van der Waals surface area contributed by atoms with Crippen LogP contribution in [0.4, 0.5) is 8.78 Å². The Morgan fingerprint density at radius 3 is 2.62 bits per heavy atom. The van der Waals surface area contributed by atoms with Gasteiger partial charge in [-0.25, -0.2) is 8.78 Å². The third kappa shape index (κ3) is 3.25. The molecule has 0 amide bonds. The average molecular weight is 295 g/mol. The minimum Gasteiger partial charge on any atom is -0.315 e. The first kappa shape index (κ1) is 14.9. The van der Waals surface area contributed by atoms with Crippen molar-refractivity contribution in [1.82, 2.24) is 15.1 Å². The molecule has 2 unspecified atom stereocenters. The van der Waals surface area contributed by atoms with Crippen LogP contribution >= 0.6 is 0 Å². The summed E-state index contributed by atoms with van der Waals surface area (Å²) in [5.41, 5.74) is 0.464. The number of benzene rings is 1. The van der Waals surface area contributed by atoms with Gasteiger partial charge in [0.25, 0.3) is 0 Å². The van der Waals surface area contributed by atoms with Crippen LogP contribution in [-0.2, 0) is 0 Å². The lowest BCUT2D eigenvalue weighted by molar-refractivity contribution is 0.0776. The number of rotatable bonds is 3. The standard InChI is InChI=1S/C16H23F2N3/c1-12(15-10-13(17)2-3-16(15)18)20-6-8-21(9-7-20)14-4-5-19-11-14/h2-3,10,12,14,19H,4-9,11H2,1H3. The van der Waals surface area contributed by atoms with E-state index in [2.05, 4.69) is 15.1 Å². The van der Waals surface area contributed by atoms with Crippen LogP contribution in [0.2, 0.25) is 0 Å². The Balaban J connectivity index is 1.62. The van der Waals surface area contributed by atoms with Crippen LogP contribution in [0.25, 0.3) is 0 Å². The monoisotopic (exact) mass is 295 g/mol. The van der Waals surface area contributed by atoms with Crippen molar-refractivity contribution < 1.29 is 8.78 Å². The predicted molar refractivity (Wildman–Crippen MR) is 79.2 cm³/mol. The summed E-state index contributed by atoms with van der Waals surface area (Å²) in [6, 6.07) is 4.30. The molecule has 0 radical (unpaired) electrons. The van der Waals surface area contributed by atoms with Gasteiger partial charge in [-0.3, -0.25) is 9.80 Å². The van der Waals surface area contributed by atoms with E-state index >= 15 is 0 Å². The van der Waals surface area contributed by atoms with E-state index in [0.717, 1.165) is 39.3 Å². The molecule has 0 saturated carbocycles. The second-order valence-corrected chi connectivity index (χ2v) is 6.06. The molecule has 2 aliphatic heterocycles. The molecule has 2 atom stereocenters. The second kappa shape index (κ2) is 6.38. The molecule has 0 bridgehead atoms. The van der Waals surface area contributed by atoms with Gasteiger partial charge in [-0.2, -0.15) is 0 Å². The van der Waals surface area contributed by atoms with Crippen molar-refractivity contribution in [2.24, 2.45) is 0 Å². The molecule has 21 heavy (non-hydrogen) atoms. The van der Waals surface area contributed by atoms with E-state index in [0.29, 0.717) is 11.6 Å². The van der Waals surface area contributed by atoms with E-state index < -0.39 is 0 Å². The van der Waals surface area contributed by atoms with Crippen molar-refractivity contribution in [3.63, 3.8) is 0 Å². The number of hydrogen-bond donors (Lipinski definition) is 1. The normalized spacial score (nSPS) is 26.1. The van der Waals surface area contributed by atoms with E-state index in [1.165, 1.54) is 24.6 Å². The van der Waals surface area contributed by atoms with Crippen LogP contribution in [-0.4, -0.2) is 55.1 Å². The van der Waals surface area contributed by atoms with Gasteiger partial charge in [0.1, 0.15) is 11.6 Å². The highest BCUT2D eigenvalue weighted by atomic mass is 19.1. The van der Waals surface area contributed by atoms with Crippen LogP contribution in [0.3, 0.4) is 0 Å². The number of nitrogens with zero attached hydrogens (tertiary/aromatic N) is 2. The van der Waals surface area contributed by atoms with Crippen molar-refractivity contribution >= 4 is 0 Å². The molecule has 2 fully saturated rings. The fourth-order valence-electron chi connectivity index (χ4n) is 3.47. The quantitative estimate of drug-likeness (QED) is 0.920. The van der Waals surface area contributed by atoms with E-state index in [-0.39, 0.29) is 17.7 Å². The number of nitrogens with one attached hydrogen (secondary N) is 1. The topological polar surface area (TPSA) is 18.5 Å². The average Bonchev–Trinajstić information content (AvgIpc) is 3.03. The Hall–Kier alpha value is -1.04. The highest BCUT2D eigenvalue weighted by Gasteiger charge is 2.28. The van der Waals surface area contributed by atoms with Crippen LogP contribution in [0.15, 0.2) is 18.2 Å². The SMILES string of the molecule is CC(c1cc(F)ccc1F)N1CCN(C2CCNC2)CC1. The Kier molecular flexibility index (Phi) is 4.52. The zero-order chi connectivity index (χ0) is 14.8. The molecule has 0 spiro atoms. The van der Waals surface area contributed by atoms with Crippen LogP contribution in [0.5, 0.6) is 0 Å². The summed E-state index contributed by atoms with van der Waals surface area (Å²) in [5.74, 6) is -0.680. The van der Waals surface area contributed by atoms with Crippen LogP contribution in [0.1, 0.15) is 24.9 Å². The summed E-state index contributed by atoms with van der Waals surface area (Å²) in [4.78, 5) is 4.77.